The third-order valence-corrected chi connectivity index (χ3v) is 3.99. The number of aryl methyl sites for hydroxylation is 1. The highest BCUT2D eigenvalue weighted by molar-refractivity contribution is 5.94. The minimum Gasteiger partial charge on any atom is -0.489 e. The molecule has 0 unspecified atom stereocenters. The Morgan fingerprint density at radius 1 is 1.52 bits per heavy atom. The van der Waals surface area contributed by atoms with Gasteiger partial charge in [-0.25, -0.2) is 0 Å². The zero-order valence-corrected chi connectivity index (χ0v) is 12.4. The minimum atomic E-state index is 0.0718. The van der Waals surface area contributed by atoms with Crippen LogP contribution in [0.5, 0.6) is 5.75 Å². The second kappa shape index (κ2) is 6.45. The van der Waals surface area contributed by atoms with Gasteiger partial charge in [-0.05, 0) is 24.5 Å². The van der Waals surface area contributed by atoms with Crippen LogP contribution in [0.15, 0.2) is 18.2 Å². The number of hydrogen-bond donors (Lipinski definition) is 1. The van der Waals surface area contributed by atoms with Crippen LogP contribution in [-0.2, 0) is 16.0 Å². The molecular formula is C16H22N2O3. The summed E-state index contributed by atoms with van der Waals surface area (Å²) in [4.78, 5) is 13.7. The number of benzene rings is 1. The summed E-state index contributed by atoms with van der Waals surface area (Å²) in [5, 5.41) is 3.29. The summed E-state index contributed by atoms with van der Waals surface area (Å²) in [6, 6.07) is 6.02. The Morgan fingerprint density at radius 2 is 2.43 bits per heavy atom. The largest absolute Gasteiger partial charge is 0.489 e. The summed E-state index contributed by atoms with van der Waals surface area (Å²) < 4.78 is 11.6. The summed E-state index contributed by atoms with van der Waals surface area (Å²) in [7, 11) is 0. The number of nitrogens with one attached hydrogen (secondary N) is 1. The van der Waals surface area contributed by atoms with Crippen LogP contribution in [0.1, 0.15) is 18.9 Å². The first-order chi connectivity index (χ1) is 10.3. The number of amides is 1. The lowest BCUT2D eigenvalue weighted by Gasteiger charge is -2.31. The molecule has 0 bridgehead atoms. The Bertz CT molecular complexity index is 512. The summed E-state index contributed by atoms with van der Waals surface area (Å²) in [5.41, 5.74) is 2.14. The van der Waals surface area contributed by atoms with Crippen molar-refractivity contribution in [1.29, 1.82) is 0 Å². The van der Waals surface area contributed by atoms with Gasteiger partial charge in [0.25, 0.3) is 0 Å². The van der Waals surface area contributed by atoms with E-state index in [-0.39, 0.29) is 12.0 Å². The lowest BCUT2D eigenvalue weighted by molar-refractivity contribution is -0.116. The number of carbonyl (C=O) groups excluding carboxylic acids is 1. The average Bonchev–Trinajstić information content (AvgIpc) is 2.53. The van der Waals surface area contributed by atoms with E-state index in [1.54, 1.807) is 6.92 Å². The molecule has 0 aromatic heterocycles. The number of nitrogens with zero attached hydrogens (tertiary/aromatic N) is 1. The van der Waals surface area contributed by atoms with E-state index < -0.39 is 0 Å². The SMILES string of the molecule is CC(=O)N1CCCc2cccc(OC[C@@H]3CNCCO3)c21. The number of morpholine rings is 1. The Balaban J connectivity index is 1.77. The first-order valence-corrected chi connectivity index (χ1v) is 7.61. The van der Waals surface area contributed by atoms with Gasteiger partial charge in [0, 0.05) is 26.6 Å². The number of carbonyl (C=O) groups is 1. The molecule has 1 atom stereocenters. The molecule has 0 saturated carbocycles. The summed E-state index contributed by atoms with van der Waals surface area (Å²) in [6.45, 7) is 5.32. The Labute approximate surface area is 125 Å². The van der Waals surface area contributed by atoms with Crippen molar-refractivity contribution in [3.8, 4) is 5.75 Å². The number of ether oxygens (including phenoxy) is 2. The Morgan fingerprint density at radius 3 is 3.19 bits per heavy atom. The van der Waals surface area contributed by atoms with Crippen molar-refractivity contribution in [2.24, 2.45) is 0 Å². The molecule has 2 aliphatic rings. The molecule has 0 radical (unpaired) electrons. The molecule has 1 aromatic rings. The molecule has 1 fully saturated rings. The van der Waals surface area contributed by atoms with Gasteiger partial charge in [0.2, 0.25) is 5.91 Å². The van der Waals surface area contributed by atoms with Gasteiger partial charge in [0.1, 0.15) is 18.5 Å². The second-order valence-corrected chi connectivity index (χ2v) is 5.55. The molecule has 2 aliphatic heterocycles. The Kier molecular flexibility index (Phi) is 4.41. The van der Waals surface area contributed by atoms with Crippen LogP contribution in [-0.4, -0.2) is 44.9 Å². The van der Waals surface area contributed by atoms with E-state index in [4.69, 9.17) is 9.47 Å². The monoisotopic (exact) mass is 290 g/mol. The molecule has 21 heavy (non-hydrogen) atoms. The number of anilines is 1. The van der Waals surface area contributed by atoms with E-state index in [0.29, 0.717) is 6.61 Å². The average molecular weight is 290 g/mol. The summed E-state index contributed by atoms with van der Waals surface area (Å²) in [5.74, 6) is 0.860. The van der Waals surface area contributed by atoms with Crippen LogP contribution in [0.3, 0.4) is 0 Å². The van der Waals surface area contributed by atoms with Gasteiger partial charge in [-0.15, -0.1) is 0 Å². The molecule has 5 heteroatoms. The predicted octanol–water partition coefficient (Wildman–Crippen LogP) is 1.35. The van der Waals surface area contributed by atoms with Crippen molar-refractivity contribution < 1.29 is 14.3 Å². The van der Waals surface area contributed by atoms with Crippen molar-refractivity contribution in [2.75, 3.05) is 37.7 Å². The van der Waals surface area contributed by atoms with Crippen molar-refractivity contribution in [1.82, 2.24) is 5.32 Å². The van der Waals surface area contributed by atoms with E-state index >= 15 is 0 Å². The first kappa shape index (κ1) is 14.4. The topological polar surface area (TPSA) is 50.8 Å². The van der Waals surface area contributed by atoms with Gasteiger partial charge in [-0.2, -0.15) is 0 Å². The zero-order chi connectivity index (χ0) is 14.7. The van der Waals surface area contributed by atoms with Gasteiger partial charge in [0.05, 0.1) is 12.3 Å². The molecule has 1 N–H and O–H groups in total. The maximum Gasteiger partial charge on any atom is 0.223 e. The molecule has 5 nitrogen and oxygen atoms in total. The highest BCUT2D eigenvalue weighted by atomic mass is 16.5. The molecule has 1 saturated heterocycles. The predicted molar refractivity (Wildman–Crippen MR) is 80.9 cm³/mol. The van der Waals surface area contributed by atoms with Gasteiger partial charge in [-0.3, -0.25) is 4.79 Å². The van der Waals surface area contributed by atoms with Crippen LogP contribution in [0.2, 0.25) is 0 Å². The summed E-state index contributed by atoms with van der Waals surface area (Å²) >= 11 is 0. The molecule has 1 aromatic carbocycles. The van der Waals surface area contributed by atoms with Gasteiger partial charge in [-0.1, -0.05) is 12.1 Å². The number of fused-ring (bicyclic) bond motifs is 1. The molecule has 0 aliphatic carbocycles. The zero-order valence-electron chi connectivity index (χ0n) is 12.4. The third kappa shape index (κ3) is 3.19. The molecule has 0 spiro atoms. The van der Waals surface area contributed by atoms with Crippen LogP contribution in [0.4, 0.5) is 5.69 Å². The molecular weight excluding hydrogens is 268 g/mol. The van der Waals surface area contributed by atoms with Crippen LogP contribution >= 0.6 is 0 Å². The quantitative estimate of drug-likeness (QED) is 0.913. The highest BCUT2D eigenvalue weighted by Gasteiger charge is 2.24. The van der Waals surface area contributed by atoms with Gasteiger partial charge in [0.15, 0.2) is 0 Å². The van der Waals surface area contributed by atoms with Crippen molar-refractivity contribution in [2.45, 2.75) is 25.9 Å². The standard InChI is InChI=1S/C16H22N2O3/c1-12(19)18-8-3-5-13-4-2-6-15(16(13)18)21-11-14-10-17-7-9-20-14/h2,4,6,14,17H,3,5,7-11H2,1H3/t14-/m0/s1. The lowest BCUT2D eigenvalue weighted by Crippen LogP contribution is -2.41. The van der Waals surface area contributed by atoms with E-state index in [2.05, 4.69) is 11.4 Å². The minimum absolute atomic E-state index is 0.0718. The van der Waals surface area contributed by atoms with Crippen molar-refractivity contribution in [3.63, 3.8) is 0 Å². The maximum atomic E-state index is 11.9. The van der Waals surface area contributed by atoms with E-state index in [1.165, 1.54) is 5.56 Å². The smallest absolute Gasteiger partial charge is 0.223 e. The normalized spacial score (nSPS) is 21.8. The van der Waals surface area contributed by atoms with E-state index in [0.717, 1.165) is 50.5 Å². The van der Waals surface area contributed by atoms with Gasteiger partial charge < -0.3 is 19.7 Å². The van der Waals surface area contributed by atoms with Crippen molar-refractivity contribution >= 4 is 11.6 Å². The first-order valence-electron chi connectivity index (χ1n) is 7.61. The highest BCUT2D eigenvalue weighted by Crippen LogP contribution is 2.36. The van der Waals surface area contributed by atoms with Crippen molar-refractivity contribution in [3.05, 3.63) is 23.8 Å². The third-order valence-electron chi connectivity index (χ3n) is 3.99. The summed E-state index contributed by atoms with van der Waals surface area (Å²) in [6.07, 6.45) is 2.08. The number of para-hydroxylation sites is 1. The second-order valence-electron chi connectivity index (χ2n) is 5.55. The fraction of sp³-hybridized carbons (Fsp3) is 0.562. The fourth-order valence-corrected chi connectivity index (χ4v) is 2.96. The van der Waals surface area contributed by atoms with Gasteiger partial charge >= 0.3 is 0 Å². The van der Waals surface area contributed by atoms with Crippen LogP contribution < -0.4 is 15.0 Å². The molecule has 3 rings (SSSR count). The van der Waals surface area contributed by atoms with Crippen LogP contribution in [0.25, 0.3) is 0 Å². The number of hydrogen-bond acceptors (Lipinski definition) is 4. The number of rotatable bonds is 3. The van der Waals surface area contributed by atoms with E-state index in [1.807, 2.05) is 17.0 Å². The Hall–Kier alpha value is -1.59. The fourth-order valence-electron chi connectivity index (χ4n) is 2.96. The molecule has 2 heterocycles. The lowest BCUT2D eigenvalue weighted by atomic mass is 10.0. The molecule has 1 amide bonds. The van der Waals surface area contributed by atoms with Crippen LogP contribution in [0, 0.1) is 0 Å². The molecule has 114 valence electrons. The maximum absolute atomic E-state index is 11.9. The van der Waals surface area contributed by atoms with E-state index in [9.17, 15) is 4.79 Å².